The minimum Gasteiger partial charge on any atom is -0.327 e. The number of hydrogen-bond acceptors (Lipinski definition) is 2. The van der Waals surface area contributed by atoms with Crippen molar-refractivity contribution in [2.24, 2.45) is 11.7 Å². The van der Waals surface area contributed by atoms with Crippen molar-refractivity contribution in [2.75, 3.05) is 0 Å². The normalized spacial score (nSPS) is 30.7. The van der Waals surface area contributed by atoms with Crippen LogP contribution >= 0.6 is 12.4 Å². The van der Waals surface area contributed by atoms with Gasteiger partial charge in [-0.15, -0.1) is 12.4 Å². The highest BCUT2D eigenvalue weighted by Gasteiger charge is 2.24. The maximum Gasteiger partial charge on any atom is 0.134 e. The van der Waals surface area contributed by atoms with Crippen LogP contribution in [0.3, 0.4) is 0 Å². The Labute approximate surface area is 73.9 Å². The molecule has 0 aromatic carbocycles. The van der Waals surface area contributed by atoms with Crippen molar-refractivity contribution >= 4 is 18.2 Å². The summed E-state index contributed by atoms with van der Waals surface area (Å²) in [6.45, 7) is 1.65. The fraction of sp³-hybridized carbons (Fsp3) is 0.875. The molecule has 3 heteroatoms. The quantitative estimate of drug-likeness (QED) is 0.660. The molecule has 1 rings (SSSR count). The van der Waals surface area contributed by atoms with Crippen LogP contribution < -0.4 is 5.73 Å². The number of halogens is 1. The number of hydrogen-bond donors (Lipinski definition) is 1. The van der Waals surface area contributed by atoms with Crippen LogP contribution in [0.5, 0.6) is 0 Å². The maximum atomic E-state index is 10.9. The third-order valence-corrected chi connectivity index (χ3v) is 2.34. The smallest absolute Gasteiger partial charge is 0.134 e. The number of nitrogens with two attached hydrogens (primary N) is 1. The van der Waals surface area contributed by atoms with Crippen LogP contribution in [0.25, 0.3) is 0 Å². The molecule has 0 aromatic heterocycles. The van der Waals surface area contributed by atoms with Crippen molar-refractivity contribution in [1.82, 2.24) is 0 Å². The van der Waals surface area contributed by atoms with Crippen LogP contribution in [-0.4, -0.2) is 11.8 Å². The highest BCUT2D eigenvalue weighted by atomic mass is 35.5. The molecule has 0 amide bonds. The van der Waals surface area contributed by atoms with Crippen molar-refractivity contribution in [1.29, 1.82) is 0 Å². The molecule has 2 unspecified atom stereocenters. The van der Waals surface area contributed by atoms with Crippen LogP contribution in [0.4, 0.5) is 0 Å². The first kappa shape index (κ1) is 10.9. The van der Waals surface area contributed by atoms with Gasteiger partial charge in [-0.05, 0) is 19.8 Å². The SMILES string of the molecule is CC(=O)C1CCCCC1N.Cl. The highest BCUT2D eigenvalue weighted by Crippen LogP contribution is 2.23. The fourth-order valence-corrected chi connectivity index (χ4v) is 1.66. The maximum absolute atomic E-state index is 10.9. The topological polar surface area (TPSA) is 43.1 Å². The van der Waals surface area contributed by atoms with Gasteiger partial charge in [0.2, 0.25) is 0 Å². The third-order valence-electron chi connectivity index (χ3n) is 2.34. The summed E-state index contributed by atoms with van der Waals surface area (Å²) in [6.07, 6.45) is 4.42. The number of Topliss-reactive ketones (excluding diaryl/α,β-unsaturated/α-hetero) is 1. The van der Waals surface area contributed by atoms with Crippen LogP contribution in [0, 0.1) is 5.92 Å². The zero-order valence-corrected chi connectivity index (χ0v) is 7.69. The molecule has 0 saturated heterocycles. The average molecular weight is 178 g/mol. The molecule has 0 aliphatic heterocycles. The summed E-state index contributed by atoms with van der Waals surface area (Å²) in [7, 11) is 0. The molecule has 0 radical (unpaired) electrons. The first-order valence-corrected chi connectivity index (χ1v) is 3.98. The second kappa shape index (κ2) is 4.73. The molecule has 11 heavy (non-hydrogen) atoms. The van der Waals surface area contributed by atoms with Crippen molar-refractivity contribution in [3.05, 3.63) is 0 Å². The highest BCUT2D eigenvalue weighted by molar-refractivity contribution is 5.85. The first-order valence-electron chi connectivity index (χ1n) is 3.98. The summed E-state index contributed by atoms with van der Waals surface area (Å²) in [4.78, 5) is 10.9. The molecule has 1 fully saturated rings. The number of ketones is 1. The Morgan fingerprint density at radius 2 is 1.91 bits per heavy atom. The first-order chi connectivity index (χ1) is 4.72. The predicted molar refractivity (Wildman–Crippen MR) is 47.9 cm³/mol. The molecule has 1 aliphatic rings. The molecule has 0 aromatic rings. The molecule has 2 nitrogen and oxygen atoms in total. The molecular formula is C8H16ClNO. The van der Waals surface area contributed by atoms with Gasteiger partial charge in [-0.2, -0.15) is 0 Å². The zero-order valence-electron chi connectivity index (χ0n) is 6.88. The summed E-state index contributed by atoms with van der Waals surface area (Å²) in [5.74, 6) is 0.431. The van der Waals surface area contributed by atoms with Crippen molar-refractivity contribution in [2.45, 2.75) is 38.6 Å². The third kappa shape index (κ3) is 2.80. The molecule has 0 heterocycles. The van der Waals surface area contributed by atoms with Gasteiger partial charge in [-0.1, -0.05) is 12.8 Å². The molecule has 0 spiro atoms. The molecule has 2 atom stereocenters. The van der Waals surface area contributed by atoms with Crippen molar-refractivity contribution in [3.8, 4) is 0 Å². The Morgan fingerprint density at radius 1 is 1.36 bits per heavy atom. The lowest BCUT2D eigenvalue weighted by molar-refractivity contribution is -0.122. The Morgan fingerprint density at radius 3 is 2.27 bits per heavy atom. The van der Waals surface area contributed by atoms with Gasteiger partial charge in [0.05, 0.1) is 0 Å². The number of rotatable bonds is 1. The average Bonchev–Trinajstić information content (AvgIpc) is 1.88. The van der Waals surface area contributed by atoms with E-state index in [0.29, 0.717) is 0 Å². The van der Waals surface area contributed by atoms with Gasteiger partial charge in [0.1, 0.15) is 5.78 Å². The predicted octanol–water partition coefficient (Wildman–Crippen LogP) is 1.51. The summed E-state index contributed by atoms with van der Waals surface area (Å²) in [5.41, 5.74) is 5.76. The van der Waals surface area contributed by atoms with E-state index in [-0.39, 0.29) is 30.2 Å². The van der Waals surface area contributed by atoms with E-state index < -0.39 is 0 Å². The lowest BCUT2D eigenvalue weighted by Gasteiger charge is -2.25. The van der Waals surface area contributed by atoms with Crippen LogP contribution in [0.1, 0.15) is 32.6 Å². The second-order valence-corrected chi connectivity index (χ2v) is 3.17. The number of carbonyl (C=O) groups excluding carboxylic acids is 1. The van der Waals surface area contributed by atoms with E-state index in [1.807, 2.05) is 0 Å². The molecule has 1 saturated carbocycles. The Hall–Kier alpha value is -0.0800. The van der Waals surface area contributed by atoms with E-state index in [0.717, 1.165) is 12.8 Å². The second-order valence-electron chi connectivity index (χ2n) is 3.17. The van der Waals surface area contributed by atoms with Gasteiger partial charge in [-0.3, -0.25) is 4.79 Å². The van der Waals surface area contributed by atoms with E-state index in [1.54, 1.807) is 6.92 Å². The fourth-order valence-electron chi connectivity index (χ4n) is 1.66. The van der Waals surface area contributed by atoms with Crippen LogP contribution in [0.2, 0.25) is 0 Å². The Bertz CT molecular complexity index is 138. The Balaban J connectivity index is 0.000001000. The number of carbonyl (C=O) groups is 1. The summed E-state index contributed by atoms with van der Waals surface area (Å²) in [6, 6.07) is 0.145. The molecule has 2 N–H and O–H groups in total. The molecule has 66 valence electrons. The van der Waals surface area contributed by atoms with Crippen molar-refractivity contribution in [3.63, 3.8) is 0 Å². The summed E-state index contributed by atoms with van der Waals surface area (Å²) >= 11 is 0. The molecule has 0 bridgehead atoms. The lowest BCUT2D eigenvalue weighted by atomic mass is 9.83. The van der Waals surface area contributed by atoms with E-state index >= 15 is 0 Å². The zero-order chi connectivity index (χ0) is 7.56. The molecular weight excluding hydrogens is 162 g/mol. The van der Waals surface area contributed by atoms with Crippen LogP contribution in [-0.2, 0) is 4.79 Å². The van der Waals surface area contributed by atoms with Gasteiger partial charge < -0.3 is 5.73 Å². The van der Waals surface area contributed by atoms with E-state index in [1.165, 1.54) is 12.8 Å². The summed E-state index contributed by atoms with van der Waals surface area (Å²) < 4.78 is 0. The standard InChI is InChI=1S/C8H15NO.ClH/c1-6(10)7-4-2-3-5-8(7)9;/h7-8H,2-5,9H2,1H3;1H. The van der Waals surface area contributed by atoms with Gasteiger partial charge in [-0.25, -0.2) is 0 Å². The van der Waals surface area contributed by atoms with E-state index in [4.69, 9.17) is 5.73 Å². The summed E-state index contributed by atoms with van der Waals surface area (Å²) in [5, 5.41) is 0. The van der Waals surface area contributed by atoms with E-state index in [9.17, 15) is 4.79 Å². The van der Waals surface area contributed by atoms with Gasteiger partial charge in [0, 0.05) is 12.0 Å². The monoisotopic (exact) mass is 177 g/mol. The molecule has 1 aliphatic carbocycles. The minimum absolute atomic E-state index is 0. The Kier molecular flexibility index (Phi) is 4.69. The van der Waals surface area contributed by atoms with Gasteiger partial charge in [0.15, 0.2) is 0 Å². The van der Waals surface area contributed by atoms with Gasteiger partial charge >= 0.3 is 0 Å². The van der Waals surface area contributed by atoms with Crippen molar-refractivity contribution < 1.29 is 4.79 Å². The lowest BCUT2D eigenvalue weighted by Crippen LogP contribution is -2.36. The van der Waals surface area contributed by atoms with E-state index in [2.05, 4.69) is 0 Å². The largest absolute Gasteiger partial charge is 0.327 e. The van der Waals surface area contributed by atoms with Crippen LogP contribution in [0.15, 0.2) is 0 Å². The minimum atomic E-state index is 0. The van der Waals surface area contributed by atoms with Gasteiger partial charge in [0.25, 0.3) is 0 Å².